The number of rotatable bonds is 23. The molecule has 696 valence electrons. The highest BCUT2D eigenvalue weighted by atomic mass is 32.1. The maximum atomic E-state index is 6.15. The number of pyridine rings is 1. The van der Waals surface area contributed by atoms with Crippen molar-refractivity contribution in [2.75, 3.05) is 104 Å². The molecule has 24 rings (SSSR count). The number of aryl methyl sites for hydroxylation is 6. The molecule has 137 heavy (non-hydrogen) atoms. The molecule has 0 aliphatic carbocycles. The fourth-order valence-electron chi connectivity index (χ4n) is 16.7. The van der Waals surface area contributed by atoms with Gasteiger partial charge in [-0.25, -0.2) is 59.8 Å². The Morgan fingerprint density at radius 1 is 0.380 bits per heavy atom. The fourth-order valence-corrected chi connectivity index (χ4v) is 17.4. The van der Waals surface area contributed by atoms with Crippen molar-refractivity contribution in [1.29, 1.82) is 0 Å². The standard InChI is InChI=1S/2C21H23N7O.C20H23N9.C20H21N7O.C14H13N7S/c1-27-13-15(11-25-27)19-12-24-21-20(23-8-9-28(19)21)26-16-4-2-6-18(10-16)29-14-17-5-3-7-22-17;1-27-14-15(12-25-27)19-13-24-21-20(23-9-10-28(19)21)26-16-3-2-4-18(11-16)29-17-5-7-22-8-6-17;1-26-7-9-28(10-8-26)18-11-16(3-4-21-18)25-19-20-23-13-17(29(20)6-5-22-19)15-12-24-27(2)14-15;1-26-13-14(10-24-26)18-12-23-20-19(22-7-8-27(18)20)25-15-3-2-4-16(9-15)28-17-5-6-21-11-17;1-9-8-22-14(18-9)19-12-13-16-6-11(21(13)4-3-15-12)10-5-17-20(2)7-10/h2,4,6,8-13,17,22H,3,5,7,14H2,1H3,(H,23,26);2-4,9-14,17,22H,5-8H2,1H3,(H,23,26);3-6,11-14H,7-10H2,1-2H3,(H,21,22,25);2-4,7-10,12-13,17,21H,5-6,11H2,1H3,(H,22,25);3-8H,1-2H3,(H,15,18,19). The zero-order valence-corrected chi connectivity index (χ0v) is 77.4. The van der Waals surface area contributed by atoms with Gasteiger partial charge in [-0.15, -0.1) is 11.3 Å². The molecule has 0 spiro atoms. The number of hydrogen-bond acceptors (Lipinski definition) is 31. The lowest BCUT2D eigenvalue weighted by Crippen LogP contribution is -2.44. The van der Waals surface area contributed by atoms with Crippen molar-refractivity contribution >= 4 is 102 Å². The van der Waals surface area contributed by atoms with Gasteiger partial charge in [-0.05, 0) is 115 Å². The molecule has 21 heterocycles. The number of thiazole rings is 1. The Morgan fingerprint density at radius 3 is 1.13 bits per heavy atom. The van der Waals surface area contributed by atoms with Crippen molar-refractivity contribution < 1.29 is 14.2 Å². The average molecular weight is 1860 g/mol. The van der Waals surface area contributed by atoms with Crippen LogP contribution in [0, 0.1) is 6.92 Å². The minimum atomic E-state index is 0.228. The number of piperazine rings is 1. The van der Waals surface area contributed by atoms with Gasteiger partial charge in [0.25, 0.3) is 0 Å². The van der Waals surface area contributed by atoms with E-state index in [0.29, 0.717) is 41.7 Å². The van der Waals surface area contributed by atoms with Gasteiger partial charge in [-0.2, -0.15) is 25.5 Å². The van der Waals surface area contributed by atoms with E-state index in [-0.39, 0.29) is 12.2 Å². The summed E-state index contributed by atoms with van der Waals surface area (Å²) in [5, 5.41) is 50.9. The Bertz CT molecular complexity index is 7490. The van der Waals surface area contributed by atoms with Crippen LogP contribution in [0.25, 0.3) is 84.5 Å². The molecule has 17 aromatic heterocycles. The number of nitrogens with one attached hydrogen (secondary N) is 8. The molecule has 2 unspecified atom stereocenters. The Hall–Kier alpha value is -16.4. The van der Waals surface area contributed by atoms with Gasteiger partial charge in [-0.1, -0.05) is 18.2 Å². The lowest BCUT2D eigenvalue weighted by Gasteiger charge is -2.33. The largest absolute Gasteiger partial charge is 0.492 e. The molecule has 0 saturated carbocycles. The predicted octanol–water partition coefficient (Wildman–Crippen LogP) is 13.3. The lowest BCUT2D eigenvalue weighted by molar-refractivity contribution is 0.162. The first-order valence-corrected chi connectivity index (χ1v) is 46.2. The highest BCUT2D eigenvalue weighted by molar-refractivity contribution is 7.13. The number of likely N-dealkylation sites (N-methyl/N-ethyl adjacent to an activating group) is 1. The van der Waals surface area contributed by atoms with Crippen LogP contribution >= 0.6 is 11.3 Å². The van der Waals surface area contributed by atoms with Crippen LogP contribution in [0.5, 0.6) is 17.2 Å². The van der Waals surface area contributed by atoms with Crippen LogP contribution in [-0.2, 0) is 35.2 Å². The van der Waals surface area contributed by atoms with Crippen molar-refractivity contribution in [3.05, 3.63) is 257 Å². The first-order chi connectivity index (χ1) is 67.2. The van der Waals surface area contributed by atoms with Crippen molar-refractivity contribution in [2.24, 2.45) is 35.2 Å². The zero-order chi connectivity index (χ0) is 93.1. The molecule has 4 saturated heterocycles. The first-order valence-electron chi connectivity index (χ1n) is 45.3. The molecule has 41 heteroatoms. The van der Waals surface area contributed by atoms with E-state index < -0.39 is 0 Å². The first kappa shape index (κ1) is 88.5. The van der Waals surface area contributed by atoms with Crippen LogP contribution in [0.1, 0.15) is 37.8 Å². The number of nitrogens with zero attached hydrogens (tertiary/aromatic N) is 29. The van der Waals surface area contributed by atoms with Gasteiger partial charge in [-0.3, -0.25) is 45.4 Å². The van der Waals surface area contributed by atoms with Crippen molar-refractivity contribution in [3.8, 4) is 73.5 Å². The van der Waals surface area contributed by atoms with E-state index in [1.807, 2.05) is 279 Å². The van der Waals surface area contributed by atoms with Gasteiger partial charge in [0.1, 0.15) is 41.9 Å². The Kier molecular flexibility index (Phi) is 26.2. The number of fused-ring (bicyclic) bond motifs is 5. The van der Waals surface area contributed by atoms with Gasteiger partial charge in [0.2, 0.25) is 0 Å². The third-order valence-corrected chi connectivity index (χ3v) is 24.5. The SMILES string of the molecule is CN1CCN(c2cc(Nc3nccn4c(-c5cnn(C)c5)cnc34)ccn2)CC1.Cc1csc(Nc2nccn3c(-c4cnn(C)c4)cnc23)n1.Cn1cc(-c2cnc3c(Nc4cccc(OC5CCNC5)c4)nccn23)cn1.Cn1cc(-c2cnc3c(Nc4cccc(OC5CCNCC5)c4)nccn23)cn1.Cn1cc(-c2cnc3c(Nc4cccc(OCC5CCCN5)c4)nccn23)cn1. The molecular weight excluding hydrogens is 1750 g/mol. The summed E-state index contributed by atoms with van der Waals surface area (Å²) in [4.78, 5) is 58.7. The molecule has 8 N–H and O–H groups in total. The van der Waals surface area contributed by atoms with Crippen molar-refractivity contribution in [3.63, 3.8) is 0 Å². The molecule has 2 atom stereocenters. The number of hydrogen-bond donors (Lipinski definition) is 8. The predicted molar refractivity (Wildman–Crippen MR) is 527 cm³/mol. The maximum absolute atomic E-state index is 6.15. The Balaban J connectivity index is 0.000000106. The second kappa shape index (κ2) is 40.6. The molecule has 40 nitrogen and oxygen atoms in total. The van der Waals surface area contributed by atoms with Gasteiger partial charge in [0.15, 0.2) is 62.5 Å². The molecular formula is C96H103N37O3S. The third-order valence-electron chi connectivity index (χ3n) is 23.6. The van der Waals surface area contributed by atoms with E-state index >= 15 is 0 Å². The summed E-state index contributed by atoms with van der Waals surface area (Å²) in [5.41, 5.74) is 18.4. The summed E-state index contributed by atoms with van der Waals surface area (Å²) in [5.74, 6) is 7.02. The normalized spacial score (nSPS) is 15.0. The molecule has 20 aromatic rings. The van der Waals surface area contributed by atoms with E-state index in [4.69, 9.17) is 14.2 Å². The molecule has 0 amide bonds. The summed E-state index contributed by atoms with van der Waals surface area (Å²) < 4.78 is 37.1. The Morgan fingerprint density at radius 2 is 0.759 bits per heavy atom. The van der Waals surface area contributed by atoms with Gasteiger partial charge in [0.05, 0.1) is 96.1 Å². The fraction of sp³-hybridized carbons (Fsp3) is 0.260. The third kappa shape index (κ3) is 20.9. The van der Waals surface area contributed by atoms with Crippen molar-refractivity contribution in [1.82, 2.24) is 152 Å². The average Bonchev–Trinajstić information content (AvgIpc) is 1.67. The van der Waals surface area contributed by atoms with E-state index in [1.54, 1.807) is 65.7 Å². The molecule has 4 fully saturated rings. The molecule has 4 aliphatic heterocycles. The van der Waals surface area contributed by atoms with Crippen LogP contribution in [0.15, 0.2) is 251 Å². The number of ether oxygens (including phenoxy) is 3. The second-order valence-corrected chi connectivity index (χ2v) is 34.5. The van der Waals surface area contributed by atoms with Crippen LogP contribution in [0.4, 0.5) is 62.8 Å². The quantitative estimate of drug-likeness (QED) is 0.0295. The summed E-state index contributed by atoms with van der Waals surface area (Å²) in [7, 11) is 11.7. The van der Waals surface area contributed by atoms with Crippen LogP contribution in [0.3, 0.4) is 0 Å². The second-order valence-electron chi connectivity index (χ2n) is 33.7. The monoisotopic (exact) mass is 1850 g/mol. The van der Waals surface area contributed by atoms with Crippen LogP contribution in [-0.4, -0.2) is 226 Å². The summed E-state index contributed by atoms with van der Waals surface area (Å²) in [6.07, 6.45) is 54.4. The number of imidazole rings is 5. The minimum absolute atomic E-state index is 0.228. The summed E-state index contributed by atoms with van der Waals surface area (Å²) in [6, 6.07) is 28.4. The maximum Gasteiger partial charge on any atom is 0.188 e. The highest BCUT2D eigenvalue weighted by Gasteiger charge is 2.24. The van der Waals surface area contributed by atoms with Gasteiger partial charge in [0, 0.05) is 253 Å². The number of anilines is 11. The van der Waals surface area contributed by atoms with E-state index in [0.717, 1.165) is 219 Å². The van der Waals surface area contributed by atoms with Crippen molar-refractivity contribution in [2.45, 2.75) is 57.3 Å². The highest BCUT2D eigenvalue weighted by Crippen LogP contribution is 2.35. The smallest absolute Gasteiger partial charge is 0.188 e. The van der Waals surface area contributed by atoms with Crippen LogP contribution < -0.4 is 61.6 Å². The number of aromatic nitrogens is 27. The summed E-state index contributed by atoms with van der Waals surface area (Å²) >= 11 is 1.55. The van der Waals surface area contributed by atoms with Gasteiger partial charge >= 0.3 is 0 Å². The molecule has 0 bridgehead atoms. The van der Waals surface area contributed by atoms with E-state index in [1.165, 1.54) is 12.8 Å². The zero-order valence-electron chi connectivity index (χ0n) is 76.6. The number of benzene rings is 3. The topological polar surface area (TPSA) is 396 Å². The minimum Gasteiger partial charge on any atom is -0.492 e. The van der Waals surface area contributed by atoms with Gasteiger partial charge < -0.3 is 66.5 Å². The summed E-state index contributed by atoms with van der Waals surface area (Å²) in [6.45, 7) is 11.7. The molecule has 4 aliphatic rings. The van der Waals surface area contributed by atoms with E-state index in [2.05, 4.69) is 151 Å². The van der Waals surface area contributed by atoms with E-state index in [9.17, 15) is 0 Å². The van der Waals surface area contributed by atoms with Crippen LogP contribution in [0.2, 0.25) is 0 Å². The molecule has 0 radical (unpaired) electrons. The lowest BCUT2D eigenvalue weighted by atomic mass is 10.1. The molecule has 3 aromatic carbocycles. The Labute approximate surface area is 791 Å². The number of piperidine rings is 1.